The largest absolute Gasteiger partial charge is 0.479 e. The minimum Gasteiger partial charge on any atom is -0.479 e. The molecule has 0 atom stereocenters. The Hall–Kier alpha value is -2.54. The van der Waals surface area contributed by atoms with Gasteiger partial charge < -0.3 is 10.1 Å². The van der Waals surface area contributed by atoms with E-state index >= 15 is 0 Å². The van der Waals surface area contributed by atoms with Crippen LogP contribution in [0.5, 0.6) is 5.75 Å². The number of pyridine rings is 1. The van der Waals surface area contributed by atoms with E-state index in [1.807, 2.05) is 42.6 Å². The predicted octanol–water partition coefficient (Wildman–Crippen LogP) is 2.90. The molecule has 0 saturated carbocycles. The number of anilines is 1. The number of benzene rings is 1. The Balaban J connectivity index is 2.00. The molecule has 19 heavy (non-hydrogen) atoms. The van der Waals surface area contributed by atoms with Crippen LogP contribution in [0, 0.1) is 18.3 Å². The van der Waals surface area contributed by atoms with E-state index in [9.17, 15) is 0 Å². The second kappa shape index (κ2) is 6.41. The zero-order chi connectivity index (χ0) is 13.5. The van der Waals surface area contributed by atoms with E-state index in [0.717, 1.165) is 11.3 Å². The molecule has 96 valence electrons. The number of aromatic nitrogens is 1. The summed E-state index contributed by atoms with van der Waals surface area (Å²) in [6.07, 6.45) is 3.65. The van der Waals surface area contributed by atoms with Crippen LogP contribution in [-0.4, -0.2) is 11.6 Å². The maximum Gasteiger partial charge on any atom is 0.174 e. The van der Waals surface area contributed by atoms with Gasteiger partial charge in [-0.25, -0.2) is 0 Å². The van der Waals surface area contributed by atoms with Crippen LogP contribution in [-0.2, 0) is 6.54 Å². The second-order valence-corrected chi connectivity index (χ2v) is 4.13. The standard InChI is InChI=1S/C15H15N3O/c1-12-5-7-17-10-13(12)11-18-14-3-2-4-15(9-14)19-8-6-16/h2-5,7,9-10,18H,8,11H2,1H3. The van der Waals surface area contributed by atoms with Gasteiger partial charge in [0.25, 0.3) is 0 Å². The molecule has 1 aromatic carbocycles. The summed E-state index contributed by atoms with van der Waals surface area (Å²) >= 11 is 0. The third kappa shape index (κ3) is 3.71. The summed E-state index contributed by atoms with van der Waals surface area (Å²) in [7, 11) is 0. The number of hydrogen-bond donors (Lipinski definition) is 1. The summed E-state index contributed by atoms with van der Waals surface area (Å²) in [6, 6.07) is 11.5. The molecular formula is C15H15N3O. The van der Waals surface area contributed by atoms with Crippen molar-refractivity contribution in [2.45, 2.75) is 13.5 Å². The highest BCUT2D eigenvalue weighted by Crippen LogP contribution is 2.18. The van der Waals surface area contributed by atoms with E-state index in [2.05, 4.69) is 17.2 Å². The van der Waals surface area contributed by atoms with E-state index in [1.54, 1.807) is 6.20 Å². The van der Waals surface area contributed by atoms with Crippen LogP contribution in [0.15, 0.2) is 42.7 Å². The van der Waals surface area contributed by atoms with Gasteiger partial charge in [0, 0.05) is 30.7 Å². The minimum absolute atomic E-state index is 0.0607. The highest BCUT2D eigenvalue weighted by Gasteiger charge is 1.99. The monoisotopic (exact) mass is 253 g/mol. The summed E-state index contributed by atoms with van der Waals surface area (Å²) in [4.78, 5) is 4.12. The molecule has 1 N–H and O–H groups in total. The van der Waals surface area contributed by atoms with Crippen molar-refractivity contribution in [2.24, 2.45) is 0 Å². The van der Waals surface area contributed by atoms with Crippen molar-refractivity contribution in [1.82, 2.24) is 4.98 Å². The summed E-state index contributed by atoms with van der Waals surface area (Å²) in [5.74, 6) is 0.689. The summed E-state index contributed by atoms with van der Waals surface area (Å²) in [5.41, 5.74) is 3.32. The first-order chi connectivity index (χ1) is 9.29. The minimum atomic E-state index is 0.0607. The molecule has 4 heteroatoms. The van der Waals surface area contributed by atoms with Gasteiger partial charge >= 0.3 is 0 Å². The van der Waals surface area contributed by atoms with Crippen molar-refractivity contribution >= 4 is 5.69 Å². The molecule has 0 amide bonds. The topological polar surface area (TPSA) is 57.9 Å². The zero-order valence-corrected chi connectivity index (χ0v) is 10.8. The lowest BCUT2D eigenvalue weighted by atomic mass is 10.1. The van der Waals surface area contributed by atoms with E-state index in [-0.39, 0.29) is 6.61 Å². The third-order valence-electron chi connectivity index (χ3n) is 2.77. The molecule has 0 fully saturated rings. The number of nitrogens with one attached hydrogen (secondary N) is 1. The average molecular weight is 253 g/mol. The fourth-order valence-corrected chi connectivity index (χ4v) is 1.69. The number of ether oxygens (including phenoxy) is 1. The van der Waals surface area contributed by atoms with Crippen LogP contribution >= 0.6 is 0 Å². The molecule has 0 spiro atoms. The summed E-state index contributed by atoms with van der Waals surface area (Å²) in [6.45, 7) is 2.83. The van der Waals surface area contributed by atoms with Crippen molar-refractivity contribution in [3.8, 4) is 11.8 Å². The van der Waals surface area contributed by atoms with E-state index < -0.39 is 0 Å². The second-order valence-electron chi connectivity index (χ2n) is 4.13. The zero-order valence-electron chi connectivity index (χ0n) is 10.8. The molecule has 0 bridgehead atoms. The smallest absolute Gasteiger partial charge is 0.174 e. The highest BCUT2D eigenvalue weighted by molar-refractivity contribution is 5.48. The lowest BCUT2D eigenvalue weighted by molar-refractivity contribution is 0.368. The van der Waals surface area contributed by atoms with Gasteiger partial charge in [-0.2, -0.15) is 5.26 Å². The van der Waals surface area contributed by atoms with Crippen molar-refractivity contribution in [3.05, 3.63) is 53.9 Å². The Kier molecular flexibility index (Phi) is 4.35. The van der Waals surface area contributed by atoms with Crippen LogP contribution < -0.4 is 10.1 Å². The molecule has 1 heterocycles. The van der Waals surface area contributed by atoms with Crippen LogP contribution in [0.3, 0.4) is 0 Å². The normalized spacial score (nSPS) is 9.68. The predicted molar refractivity (Wildman–Crippen MR) is 73.9 cm³/mol. The van der Waals surface area contributed by atoms with Crippen LogP contribution in [0.1, 0.15) is 11.1 Å². The molecule has 0 unspecified atom stereocenters. The average Bonchev–Trinajstić information content (AvgIpc) is 2.45. The molecule has 0 radical (unpaired) electrons. The summed E-state index contributed by atoms with van der Waals surface area (Å²) < 4.78 is 5.26. The Morgan fingerprint density at radius 2 is 2.26 bits per heavy atom. The van der Waals surface area contributed by atoms with Crippen LogP contribution in [0.25, 0.3) is 0 Å². The molecular weight excluding hydrogens is 238 g/mol. The first-order valence-corrected chi connectivity index (χ1v) is 6.03. The molecule has 0 aliphatic rings. The quantitative estimate of drug-likeness (QED) is 0.890. The molecule has 2 aromatic rings. The lowest BCUT2D eigenvalue weighted by Gasteiger charge is -2.09. The molecule has 4 nitrogen and oxygen atoms in total. The van der Waals surface area contributed by atoms with Gasteiger partial charge in [0.2, 0.25) is 0 Å². The van der Waals surface area contributed by atoms with Gasteiger partial charge in [0.05, 0.1) is 0 Å². The third-order valence-corrected chi connectivity index (χ3v) is 2.77. The van der Waals surface area contributed by atoms with Gasteiger partial charge in [0.1, 0.15) is 11.8 Å². The Labute approximate surface area is 112 Å². The Bertz CT molecular complexity index is 590. The van der Waals surface area contributed by atoms with Gasteiger partial charge in [0.15, 0.2) is 6.61 Å². The molecule has 0 aliphatic heterocycles. The number of aryl methyl sites for hydroxylation is 1. The van der Waals surface area contributed by atoms with E-state index in [1.165, 1.54) is 5.56 Å². The molecule has 0 aliphatic carbocycles. The Morgan fingerprint density at radius 1 is 1.37 bits per heavy atom. The molecule has 1 aromatic heterocycles. The maximum absolute atomic E-state index is 8.48. The van der Waals surface area contributed by atoms with E-state index in [4.69, 9.17) is 10.00 Å². The van der Waals surface area contributed by atoms with Crippen molar-refractivity contribution in [1.29, 1.82) is 5.26 Å². The lowest BCUT2D eigenvalue weighted by Crippen LogP contribution is -2.02. The van der Waals surface area contributed by atoms with Crippen molar-refractivity contribution in [2.75, 3.05) is 11.9 Å². The SMILES string of the molecule is Cc1ccncc1CNc1cccc(OCC#N)c1. The van der Waals surface area contributed by atoms with Gasteiger partial charge in [-0.1, -0.05) is 6.07 Å². The van der Waals surface area contributed by atoms with E-state index in [0.29, 0.717) is 12.3 Å². The van der Waals surface area contributed by atoms with Gasteiger partial charge in [-0.3, -0.25) is 4.98 Å². The molecule has 0 saturated heterocycles. The fraction of sp³-hybridized carbons (Fsp3) is 0.200. The summed E-state index contributed by atoms with van der Waals surface area (Å²) in [5, 5.41) is 11.8. The first-order valence-electron chi connectivity index (χ1n) is 6.03. The van der Waals surface area contributed by atoms with Gasteiger partial charge in [-0.15, -0.1) is 0 Å². The number of nitrogens with zero attached hydrogens (tertiary/aromatic N) is 2. The number of nitriles is 1. The highest BCUT2D eigenvalue weighted by atomic mass is 16.5. The number of rotatable bonds is 5. The van der Waals surface area contributed by atoms with Crippen LogP contribution in [0.4, 0.5) is 5.69 Å². The number of hydrogen-bond acceptors (Lipinski definition) is 4. The fourth-order valence-electron chi connectivity index (χ4n) is 1.69. The van der Waals surface area contributed by atoms with Crippen molar-refractivity contribution < 1.29 is 4.74 Å². The Morgan fingerprint density at radius 3 is 3.05 bits per heavy atom. The molecule has 2 rings (SSSR count). The maximum atomic E-state index is 8.48. The van der Waals surface area contributed by atoms with Crippen molar-refractivity contribution in [3.63, 3.8) is 0 Å². The van der Waals surface area contributed by atoms with Crippen LogP contribution in [0.2, 0.25) is 0 Å². The first kappa shape index (κ1) is 12.9. The van der Waals surface area contributed by atoms with Gasteiger partial charge in [-0.05, 0) is 36.2 Å².